The summed E-state index contributed by atoms with van der Waals surface area (Å²) in [6.45, 7) is 16.0. The van der Waals surface area contributed by atoms with E-state index in [0.29, 0.717) is 19.0 Å². The van der Waals surface area contributed by atoms with Crippen LogP contribution in [0.25, 0.3) is 0 Å². The molecule has 0 unspecified atom stereocenters. The second-order valence-corrected chi connectivity index (χ2v) is 9.98. The third-order valence-electron chi connectivity index (χ3n) is 5.52. The highest BCUT2D eigenvalue weighted by molar-refractivity contribution is 14.0. The molecule has 2 aliphatic rings. The summed E-state index contributed by atoms with van der Waals surface area (Å²) >= 11 is 0. The number of halogens is 1. The van der Waals surface area contributed by atoms with Crippen LogP contribution < -0.4 is 10.6 Å². The highest BCUT2D eigenvalue weighted by Gasteiger charge is 2.35. The van der Waals surface area contributed by atoms with Gasteiger partial charge >= 0.3 is 6.09 Å². The summed E-state index contributed by atoms with van der Waals surface area (Å²) in [6, 6.07) is 0.208. The zero-order chi connectivity index (χ0) is 23.0. The monoisotopic (exact) mass is 565 g/mol. The molecule has 2 fully saturated rings. The Hall–Kier alpha value is -1.26. The third kappa shape index (κ3) is 10.1. The Balaban J connectivity index is 0.00000512. The van der Waals surface area contributed by atoms with Crippen molar-refractivity contribution in [1.29, 1.82) is 0 Å². The van der Waals surface area contributed by atoms with Crippen molar-refractivity contribution in [3.05, 3.63) is 0 Å². The number of piperidine rings is 1. The molecule has 0 bridgehead atoms. The van der Waals surface area contributed by atoms with Gasteiger partial charge < -0.3 is 25.2 Å². The summed E-state index contributed by atoms with van der Waals surface area (Å²) in [5, 5.41) is 6.27. The molecule has 2 rings (SSSR count). The van der Waals surface area contributed by atoms with Gasteiger partial charge in [-0.3, -0.25) is 9.79 Å². The number of ether oxygens (including phenoxy) is 1. The minimum Gasteiger partial charge on any atom is -0.444 e. The molecular weight excluding hydrogens is 521 g/mol. The molecule has 8 nitrogen and oxygen atoms in total. The lowest BCUT2D eigenvalue weighted by Gasteiger charge is -2.40. The molecule has 0 radical (unpaired) electrons. The Kier molecular flexibility index (Phi) is 12.1. The van der Waals surface area contributed by atoms with Crippen LogP contribution in [0.3, 0.4) is 0 Å². The van der Waals surface area contributed by atoms with E-state index in [1.54, 1.807) is 0 Å². The van der Waals surface area contributed by atoms with E-state index in [2.05, 4.69) is 22.5 Å². The molecule has 32 heavy (non-hydrogen) atoms. The zero-order valence-corrected chi connectivity index (χ0v) is 23.1. The molecule has 1 heterocycles. The fourth-order valence-corrected chi connectivity index (χ4v) is 3.63. The molecule has 0 aromatic heterocycles. The number of aliphatic imine (C=N–C) groups is 1. The predicted octanol–water partition coefficient (Wildman–Crippen LogP) is 3.45. The summed E-state index contributed by atoms with van der Waals surface area (Å²) in [5.41, 5.74) is -0.477. The zero-order valence-electron chi connectivity index (χ0n) is 20.8. The van der Waals surface area contributed by atoms with E-state index >= 15 is 0 Å². The molecule has 0 atom stereocenters. The van der Waals surface area contributed by atoms with Gasteiger partial charge in [0.2, 0.25) is 5.91 Å². The molecule has 0 aromatic rings. The standard InChI is InChI=1S/C23H43N5O3.HI/c1-7-24-21(26-13-12-25-20(29)17(2)3)27-14-10-19(11-15-27)28(16-18-8-9-18)22(30)31-23(4,5)6;/h17-19H,7-16H2,1-6H3,(H,24,26)(H,25,29);1H. The van der Waals surface area contributed by atoms with Crippen LogP contribution in [-0.2, 0) is 9.53 Å². The van der Waals surface area contributed by atoms with E-state index < -0.39 is 5.60 Å². The van der Waals surface area contributed by atoms with Crippen LogP contribution >= 0.6 is 24.0 Å². The lowest BCUT2D eigenvalue weighted by Crippen LogP contribution is -2.52. The molecule has 2 amide bonds. The number of likely N-dealkylation sites (tertiary alicyclic amines) is 1. The van der Waals surface area contributed by atoms with Crippen molar-refractivity contribution in [1.82, 2.24) is 20.4 Å². The van der Waals surface area contributed by atoms with Gasteiger partial charge in [0.05, 0.1) is 6.54 Å². The second kappa shape index (κ2) is 13.4. The van der Waals surface area contributed by atoms with Crippen LogP contribution in [0.5, 0.6) is 0 Å². The minimum atomic E-state index is -0.477. The summed E-state index contributed by atoms with van der Waals surface area (Å²) in [5.74, 6) is 1.55. The van der Waals surface area contributed by atoms with Crippen LogP contribution in [0, 0.1) is 11.8 Å². The number of nitrogens with one attached hydrogen (secondary N) is 2. The number of rotatable bonds is 8. The normalized spacial score (nSPS) is 17.6. The fourth-order valence-electron chi connectivity index (χ4n) is 3.63. The first kappa shape index (κ1) is 28.8. The number of guanidine groups is 1. The van der Waals surface area contributed by atoms with Crippen molar-refractivity contribution in [2.24, 2.45) is 16.8 Å². The van der Waals surface area contributed by atoms with Crippen LogP contribution in [-0.4, -0.2) is 78.7 Å². The summed E-state index contributed by atoms with van der Waals surface area (Å²) in [6.07, 6.45) is 4.05. The Morgan fingerprint density at radius 3 is 2.25 bits per heavy atom. The molecule has 9 heteroatoms. The molecule has 0 spiro atoms. The summed E-state index contributed by atoms with van der Waals surface area (Å²) in [7, 11) is 0. The third-order valence-corrected chi connectivity index (χ3v) is 5.52. The fraction of sp³-hybridized carbons (Fsp3) is 0.870. The van der Waals surface area contributed by atoms with E-state index in [0.717, 1.165) is 45.0 Å². The van der Waals surface area contributed by atoms with Gasteiger partial charge in [-0.05, 0) is 59.3 Å². The molecule has 2 N–H and O–H groups in total. The topological polar surface area (TPSA) is 86.3 Å². The van der Waals surface area contributed by atoms with E-state index in [1.165, 1.54) is 12.8 Å². The Bertz CT molecular complexity index is 624. The van der Waals surface area contributed by atoms with Crippen LogP contribution in [0.2, 0.25) is 0 Å². The second-order valence-electron chi connectivity index (χ2n) is 9.98. The smallest absolute Gasteiger partial charge is 0.410 e. The van der Waals surface area contributed by atoms with Gasteiger partial charge in [-0.15, -0.1) is 24.0 Å². The highest BCUT2D eigenvalue weighted by Crippen LogP contribution is 2.32. The van der Waals surface area contributed by atoms with Gasteiger partial charge in [0.1, 0.15) is 5.60 Å². The molecular formula is C23H44IN5O3. The maximum absolute atomic E-state index is 12.8. The maximum Gasteiger partial charge on any atom is 0.410 e. The van der Waals surface area contributed by atoms with Crippen molar-refractivity contribution in [2.45, 2.75) is 78.9 Å². The van der Waals surface area contributed by atoms with Crippen molar-refractivity contribution in [2.75, 3.05) is 39.3 Å². The number of hydrogen-bond donors (Lipinski definition) is 2. The van der Waals surface area contributed by atoms with Gasteiger partial charge in [0.25, 0.3) is 0 Å². The molecule has 186 valence electrons. The van der Waals surface area contributed by atoms with E-state index in [4.69, 9.17) is 9.73 Å². The number of carbonyl (C=O) groups is 2. The molecule has 0 aromatic carbocycles. The molecule has 1 aliphatic heterocycles. The minimum absolute atomic E-state index is 0. The highest BCUT2D eigenvalue weighted by atomic mass is 127. The largest absolute Gasteiger partial charge is 0.444 e. The van der Waals surface area contributed by atoms with E-state index in [1.807, 2.05) is 39.5 Å². The lowest BCUT2D eigenvalue weighted by atomic mass is 10.0. The van der Waals surface area contributed by atoms with E-state index in [-0.39, 0.29) is 47.9 Å². The molecule has 1 aliphatic carbocycles. The Morgan fingerprint density at radius 1 is 1.12 bits per heavy atom. The summed E-state index contributed by atoms with van der Waals surface area (Å²) < 4.78 is 5.70. The number of hydrogen-bond acceptors (Lipinski definition) is 4. The van der Waals surface area contributed by atoms with Crippen molar-refractivity contribution in [3.8, 4) is 0 Å². The van der Waals surface area contributed by atoms with E-state index in [9.17, 15) is 9.59 Å². The van der Waals surface area contributed by atoms with Gasteiger partial charge in [-0.2, -0.15) is 0 Å². The SMILES string of the molecule is CCNC(=NCCNC(=O)C(C)C)N1CCC(N(CC2CC2)C(=O)OC(C)(C)C)CC1.I. The lowest BCUT2D eigenvalue weighted by molar-refractivity contribution is -0.123. The molecule has 1 saturated heterocycles. The van der Waals surface area contributed by atoms with Crippen molar-refractivity contribution >= 4 is 41.9 Å². The summed E-state index contributed by atoms with van der Waals surface area (Å²) in [4.78, 5) is 33.5. The Labute approximate surface area is 211 Å². The van der Waals surface area contributed by atoms with Gasteiger partial charge in [0.15, 0.2) is 5.96 Å². The number of nitrogens with zero attached hydrogens (tertiary/aromatic N) is 3. The van der Waals surface area contributed by atoms with Crippen molar-refractivity contribution < 1.29 is 14.3 Å². The van der Waals surface area contributed by atoms with Crippen LogP contribution in [0.4, 0.5) is 4.79 Å². The van der Waals surface area contributed by atoms with Crippen LogP contribution in [0.1, 0.15) is 67.2 Å². The number of carbonyl (C=O) groups excluding carboxylic acids is 2. The van der Waals surface area contributed by atoms with Gasteiger partial charge in [-0.1, -0.05) is 13.8 Å². The number of amides is 2. The van der Waals surface area contributed by atoms with Crippen LogP contribution in [0.15, 0.2) is 4.99 Å². The first-order valence-electron chi connectivity index (χ1n) is 11.9. The average molecular weight is 566 g/mol. The Morgan fingerprint density at radius 2 is 1.75 bits per heavy atom. The predicted molar refractivity (Wildman–Crippen MR) is 140 cm³/mol. The van der Waals surface area contributed by atoms with Gasteiger partial charge in [0, 0.05) is 44.7 Å². The maximum atomic E-state index is 12.8. The van der Waals surface area contributed by atoms with Gasteiger partial charge in [-0.25, -0.2) is 4.79 Å². The molecule has 1 saturated carbocycles. The first-order chi connectivity index (χ1) is 14.6. The quantitative estimate of drug-likeness (QED) is 0.204. The first-order valence-corrected chi connectivity index (χ1v) is 11.9. The average Bonchev–Trinajstić information content (AvgIpc) is 3.51. The van der Waals surface area contributed by atoms with Crippen molar-refractivity contribution in [3.63, 3.8) is 0 Å².